The third-order valence-corrected chi connectivity index (χ3v) is 2.62. The number of nitrogens with one attached hydrogen (secondary N) is 2. The van der Waals surface area contributed by atoms with Crippen LogP contribution in [0.3, 0.4) is 0 Å². The highest BCUT2D eigenvalue weighted by atomic mass is 35.5. The van der Waals surface area contributed by atoms with Gasteiger partial charge in [-0.2, -0.15) is 0 Å². The first-order valence-corrected chi connectivity index (χ1v) is 6.12. The molecule has 0 saturated carbocycles. The molecule has 0 atom stereocenters. The molecule has 0 spiro atoms. The first-order valence-electron chi connectivity index (χ1n) is 5.37. The van der Waals surface area contributed by atoms with Crippen LogP contribution in [0.4, 0.5) is 0 Å². The molecule has 0 aliphatic heterocycles. The van der Waals surface area contributed by atoms with Crippen molar-refractivity contribution in [2.75, 3.05) is 13.2 Å². The number of hydrazine groups is 1. The number of carbonyl (C=O) groups is 2. The standard InChI is InChI=1S/C11H13Cl2N3O3/c12-7-1-2-9(8(13)5-7)19-6-11(18)15-4-3-10(17)16-14/h1-2,5H,3-4,6,14H2,(H,15,18)(H,16,17). The topological polar surface area (TPSA) is 93.5 Å². The molecule has 2 amide bonds. The zero-order valence-corrected chi connectivity index (χ0v) is 11.4. The van der Waals surface area contributed by atoms with Crippen molar-refractivity contribution in [2.24, 2.45) is 5.84 Å². The van der Waals surface area contributed by atoms with Crippen molar-refractivity contribution in [2.45, 2.75) is 6.42 Å². The van der Waals surface area contributed by atoms with E-state index in [-0.39, 0.29) is 31.4 Å². The van der Waals surface area contributed by atoms with Crippen LogP contribution in [0.1, 0.15) is 6.42 Å². The Morgan fingerprint density at radius 2 is 2.00 bits per heavy atom. The molecule has 1 rings (SSSR count). The molecule has 4 N–H and O–H groups in total. The Labute approximate surface area is 120 Å². The van der Waals surface area contributed by atoms with Crippen LogP contribution < -0.4 is 21.3 Å². The van der Waals surface area contributed by atoms with Gasteiger partial charge in [0.2, 0.25) is 5.91 Å². The molecule has 0 aliphatic rings. The number of benzene rings is 1. The summed E-state index contributed by atoms with van der Waals surface area (Å²) in [5, 5.41) is 3.30. The van der Waals surface area contributed by atoms with Crippen LogP contribution in [0.2, 0.25) is 10.0 Å². The molecule has 0 radical (unpaired) electrons. The van der Waals surface area contributed by atoms with E-state index in [1.807, 2.05) is 5.43 Å². The molecule has 104 valence electrons. The highest BCUT2D eigenvalue weighted by molar-refractivity contribution is 6.35. The Morgan fingerprint density at radius 3 is 2.63 bits per heavy atom. The molecule has 19 heavy (non-hydrogen) atoms. The van der Waals surface area contributed by atoms with Crippen LogP contribution in [-0.4, -0.2) is 25.0 Å². The first-order chi connectivity index (χ1) is 9.02. The number of rotatable bonds is 6. The number of hydrogen-bond donors (Lipinski definition) is 3. The van der Waals surface area contributed by atoms with Gasteiger partial charge in [-0.3, -0.25) is 15.0 Å². The van der Waals surface area contributed by atoms with E-state index in [4.69, 9.17) is 33.8 Å². The lowest BCUT2D eigenvalue weighted by molar-refractivity contribution is -0.123. The van der Waals surface area contributed by atoms with Crippen LogP contribution in [0.15, 0.2) is 18.2 Å². The average Bonchev–Trinajstić information content (AvgIpc) is 2.37. The molecule has 0 bridgehead atoms. The lowest BCUT2D eigenvalue weighted by atomic mass is 10.3. The summed E-state index contributed by atoms with van der Waals surface area (Å²) in [6.45, 7) is -0.0226. The summed E-state index contributed by atoms with van der Waals surface area (Å²) < 4.78 is 5.21. The fourth-order valence-electron chi connectivity index (χ4n) is 1.17. The third kappa shape index (κ3) is 5.78. The molecular weight excluding hydrogens is 293 g/mol. The van der Waals surface area contributed by atoms with E-state index in [0.717, 1.165) is 0 Å². The van der Waals surface area contributed by atoms with Gasteiger partial charge in [0.25, 0.3) is 5.91 Å². The maximum absolute atomic E-state index is 11.4. The van der Waals surface area contributed by atoms with Crippen molar-refractivity contribution in [1.82, 2.24) is 10.7 Å². The maximum atomic E-state index is 11.4. The minimum atomic E-state index is -0.365. The van der Waals surface area contributed by atoms with Gasteiger partial charge >= 0.3 is 0 Å². The van der Waals surface area contributed by atoms with E-state index >= 15 is 0 Å². The van der Waals surface area contributed by atoms with Gasteiger partial charge in [0.05, 0.1) is 5.02 Å². The van der Waals surface area contributed by atoms with Gasteiger partial charge in [-0.05, 0) is 18.2 Å². The maximum Gasteiger partial charge on any atom is 0.257 e. The Hall–Kier alpha value is -1.50. The minimum Gasteiger partial charge on any atom is -0.482 e. The van der Waals surface area contributed by atoms with Crippen LogP contribution in [0, 0.1) is 0 Å². The summed E-state index contributed by atoms with van der Waals surface area (Å²) >= 11 is 11.6. The van der Waals surface area contributed by atoms with E-state index in [9.17, 15) is 9.59 Å². The van der Waals surface area contributed by atoms with Crippen molar-refractivity contribution in [1.29, 1.82) is 0 Å². The molecule has 1 aromatic rings. The average molecular weight is 306 g/mol. The van der Waals surface area contributed by atoms with Crippen LogP contribution in [0.5, 0.6) is 5.75 Å². The van der Waals surface area contributed by atoms with Crippen molar-refractivity contribution in [3.05, 3.63) is 28.2 Å². The summed E-state index contributed by atoms with van der Waals surface area (Å²) in [6, 6.07) is 4.69. The molecule has 0 aliphatic carbocycles. The number of amides is 2. The molecule has 0 unspecified atom stereocenters. The number of nitrogens with two attached hydrogens (primary N) is 1. The van der Waals surface area contributed by atoms with Gasteiger partial charge in [0, 0.05) is 18.0 Å². The number of carbonyl (C=O) groups excluding carboxylic acids is 2. The molecule has 8 heteroatoms. The van der Waals surface area contributed by atoms with Gasteiger partial charge in [-0.1, -0.05) is 23.2 Å². The summed E-state index contributed by atoms with van der Waals surface area (Å²) in [7, 11) is 0. The Morgan fingerprint density at radius 1 is 1.26 bits per heavy atom. The summed E-state index contributed by atoms with van der Waals surface area (Å²) in [6.07, 6.45) is 0.101. The third-order valence-electron chi connectivity index (χ3n) is 2.09. The SMILES string of the molecule is NNC(=O)CCNC(=O)COc1ccc(Cl)cc1Cl. The van der Waals surface area contributed by atoms with Gasteiger partial charge in [-0.15, -0.1) is 0 Å². The van der Waals surface area contributed by atoms with Crippen LogP contribution in [-0.2, 0) is 9.59 Å². The summed E-state index contributed by atoms with van der Waals surface area (Å²) in [4.78, 5) is 22.2. The molecule has 0 saturated heterocycles. The van der Waals surface area contributed by atoms with Crippen molar-refractivity contribution >= 4 is 35.0 Å². The normalized spacial score (nSPS) is 9.84. The van der Waals surface area contributed by atoms with E-state index in [0.29, 0.717) is 15.8 Å². The highest BCUT2D eigenvalue weighted by Crippen LogP contribution is 2.27. The lowest BCUT2D eigenvalue weighted by Gasteiger charge is -2.08. The Balaban J connectivity index is 2.32. The predicted molar refractivity (Wildman–Crippen MR) is 71.9 cm³/mol. The molecule has 0 aromatic heterocycles. The Bertz CT molecular complexity index is 468. The monoisotopic (exact) mass is 305 g/mol. The summed E-state index contributed by atoms with van der Waals surface area (Å²) in [5.41, 5.74) is 1.96. The fourth-order valence-corrected chi connectivity index (χ4v) is 1.64. The van der Waals surface area contributed by atoms with Gasteiger partial charge in [0.15, 0.2) is 6.61 Å². The highest BCUT2D eigenvalue weighted by Gasteiger charge is 2.07. The van der Waals surface area contributed by atoms with Crippen molar-refractivity contribution < 1.29 is 14.3 Å². The number of ether oxygens (including phenoxy) is 1. The van der Waals surface area contributed by atoms with Gasteiger partial charge < -0.3 is 10.1 Å². The molecule has 0 heterocycles. The fraction of sp³-hybridized carbons (Fsp3) is 0.273. The van der Waals surface area contributed by atoms with E-state index in [2.05, 4.69) is 5.32 Å². The largest absolute Gasteiger partial charge is 0.482 e. The van der Waals surface area contributed by atoms with Gasteiger partial charge in [0.1, 0.15) is 5.75 Å². The molecular formula is C11H13Cl2N3O3. The predicted octanol–water partition coefficient (Wildman–Crippen LogP) is 0.868. The molecule has 6 nitrogen and oxygen atoms in total. The van der Waals surface area contributed by atoms with E-state index in [1.54, 1.807) is 12.1 Å². The van der Waals surface area contributed by atoms with Crippen molar-refractivity contribution in [3.63, 3.8) is 0 Å². The molecule has 0 fully saturated rings. The second-order valence-electron chi connectivity index (χ2n) is 3.53. The second kappa shape index (κ2) is 7.83. The van der Waals surface area contributed by atoms with Gasteiger partial charge in [-0.25, -0.2) is 5.84 Å². The molecule has 1 aromatic carbocycles. The summed E-state index contributed by atoms with van der Waals surface area (Å²) in [5.74, 6) is 4.53. The number of hydrogen-bond acceptors (Lipinski definition) is 4. The lowest BCUT2D eigenvalue weighted by Crippen LogP contribution is -2.35. The first kappa shape index (κ1) is 15.6. The van der Waals surface area contributed by atoms with E-state index in [1.165, 1.54) is 6.07 Å². The van der Waals surface area contributed by atoms with Crippen molar-refractivity contribution in [3.8, 4) is 5.75 Å². The second-order valence-corrected chi connectivity index (χ2v) is 4.37. The van der Waals surface area contributed by atoms with E-state index < -0.39 is 0 Å². The zero-order chi connectivity index (χ0) is 14.3. The number of halogens is 2. The zero-order valence-electron chi connectivity index (χ0n) is 9.91. The quantitative estimate of drug-likeness (QED) is 0.413. The minimum absolute atomic E-state index is 0.101. The van der Waals surface area contributed by atoms with Crippen LogP contribution >= 0.6 is 23.2 Å². The Kier molecular flexibility index (Phi) is 6.41. The van der Waals surface area contributed by atoms with Crippen LogP contribution in [0.25, 0.3) is 0 Å². The smallest absolute Gasteiger partial charge is 0.257 e.